The van der Waals surface area contributed by atoms with Gasteiger partial charge >= 0.3 is 0 Å². The topological polar surface area (TPSA) is 141 Å². The zero-order valence-corrected chi connectivity index (χ0v) is 50.0. The number of hydrogen-bond acceptors (Lipinski definition) is 10. The number of ketones is 2. The molecule has 3 aromatic heterocycles. The molecule has 10 heteroatoms. The van der Waals surface area contributed by atoms with Crippen molar-refractivity contribution in [2.45, 2.75) is 44.9 Å². The molecular formula is C77H47N5O2S3. The van der Waals surface area contributed by atoms with Gasteiger partial charge in [0.05, 0.1) is 15.5 Å². The van der Waals surface area contributed by atoms with Gasteiger partial charge in [-0.3, -0.25) is 9.59 Å². The van der Waals surface area contributed by atoms with Gasteiger partial charge in [-0.15, -0.1) is 34.0 Å². The van der Waals surface area contributed by atoms with E-state index >= 15 is 0 Å². The molecule has 0 saturated carbocycles. The molecule has 410 valence electrons. The molecule has 1 N–H and O–H groups in total. The average molecular weight is 1170 g/mol. The van der Waals surface area contributed by atoms with E-state index in [-0.39, 0.29) is 28.3 Å². The summed E-state index contributed by atoms with van der Waals surface area (Å²) in [5.74, 6) is -0.433. The smallest absolute Gasteiger partial charge is 0.195 e. The minimum absolute atomic E-state index is 0.0759. The quantitative estimate of drug-likeness (QED) is 0.118. The fraction of sp³-hybridized carbons (Fsp3) is 0.0909. The van der Waals surface area contributed by atoms with Crippen LogP contribution in [0.15, 0.2) is 217 Å². The molecule has 87 heavy (non-hydrogen) atoms. The van der Waals surface area contributed by atoms with E-state index in [1.54, 1.807) is 53.1 Å². The fourth-order valence-electron chi connectivity index (χ4n) is 14.0. The maximum atomic E-state index is 14.1. The Hall–Kier alpha value is -10.6. The number of hydrogen-bond donors (Lipinski definition) is 1. The summed E-state index contributed by atoms with van der Waals surface area (Å²) in [6, 6.07) is 72.5. The summed E-state index contributed by atoms with van der Waals surface area (Å²) in [5.41, 5.74) is 18.9. The van der Waals surface area contributed by atoms with Crippen molar-refractivity contribution in [1.29, 1.82) is 21.0 Å². The van der Waals surface area contributed by atoms with Crippen molar-refractivity contribution < 1.29 is 9.59 Å². The molecule has 15 rings (SSSR count). The molecule has 7 nitrogen and oxygen atoms in total. The zero-order valence-electron chi connectivity index (χ0n) is 47.5. The average Bonchev–Trinajstić information content (AvgIpc) is 1.51. The van der Waals surface area contributed by atoms with Gasteiger partial charge in [-0.1, -0.05) is 180 Å². The van der Waals surface area contributed by atoms with E-state index in [2.05, 4.69) is 179 Å². The van der Waals surface area contributed by atoms with Gasteiger partial charge in [0.15, 0.2) is 11.6 Å². The van der Waals surface area contributed by atoms with Gasteiger partial charge in [-0.05, 0) is 125 Å². The minimum atomic E-state index is -0.782. The number of aryl methyl sites for hydroxylation is 4. The van der Waals surface area contributed by atoms with Crippen molar-refractivity contribution in [2.24, 2.45) is 0 Å². The fourth-order valence-corrected chi connectivity index (χ4v) is 18.1. The molecule has 0 saturated heterocycles. The van der Waals surface area contributed by atoms with Crippen LogP contribution in [-0.4, -0.2) is 11.6 Å². The van der Waals surface area contributed by atoms with Crippen LogP contribution in [0.3, 0.4) is 0 Å². The highest BCUT2D eigenvalue weighted by molar-refractivity contribution is 7.30. The number of nitrogens with one attached hydrogen (secondary N) is 1. The first kappa shape index (κ1) is 53.2. The Bertz CT molecular complexity index is 5080. The van der Waals surface area contributed by atoms with Gasteiger partial charge in [-0.25, -0.2) is 0 Å². The number of rotatable bonds is 8. The third kappa shape index (κ3) is 7.66. The maximum absolute atomic E-state index is 14.1. The van der Waals surface area contributed by atoms with Gasteiger partial charge < -0.3 is 5.32 Å². The van der Waals surface area contributed by atoms with Crippen molar-refractivity contribution in [1.82, 2.24) is 0 Å². The molecule has 11 aromatic rings. The predicted octanol–water partition coefficient (Wildman–Crippen LogP) is 18.3. The number of nitrogens with zero attached hydrogens (tertiary/aromatic N) is 4. The van der Waals surface area contributed by atoms with Crippen LogP contribution in [0.25, 0.3) is 51.5 Å². The summed E-state index contributed by atoms with van der Waals surface area (Å²) in [6.45, 7) is 8.53. The lowest BCUT2D eigenvalue weighted by Gasteiger charge is -2.36. The summed E-state index contributed by atoms with van der Waals surface area (Å²) in [7, 11) is 0. The third-order valence-electron chi connectivity index (χ3n) is 18.0. The number of fused-ring (bicyclic) bond motifs is 12. The number of nitriles is 4. The Balaban J connectivity index is 0.969. The van der Waals surface area contributed by atoms with E-state index in [1.807, 2.05) is 53.8 Å². The van der Waals surface area contributed by atoms with Gasteiger partial charge in [0.1, 0.15) is 35.4 Å². The standard InChI is InChI=1S/C77H47N5O2S3/c1-42-13-21-48(22-14-42)76(49-23-15-43(2)16-24-49)63-36-61-64(35-60(63)73-69(76)58-31-29-52(33-65(58)86-73)82-41-62-68(47(39-80)40-81)55-10-6-8-12-57(55)72(62)84)77(50-25-17-44(3)18-26-50,51-27-19-45(4)20-28-51)70-74(61)87-66-34-53(85-75(66)70)30-32-59-67(46(37-78)38-79)54-9-5-7-11-56(54)71(59)83/h5-29,31-36,41,82H,30H2,1-4H3/b59-32-,62-41-. The molecule has 0 atom stereocenters. The lowest BCUT2D eigenvalue weighted by Crippen LogP contribution is -2.30. The molecule has 0 spiro atoms. The van der Waals surface area contributed by atoms with Crippen LogP contribution in [0, 0.1) is 73.0 Å². The van der Waals surface area contributed by atoms with Crippen molar-refractivity contribution in [3.63, 3.8) is 0 Å². The predicted molar refractivity (Wildman–Crippen MR) is 350 cm³/mol. The van der Waals surface area contributed by atoms with Crippen LogP contribution in [0.5, 0.6) is 0 Å². The van der Waals surface area contributed by atoms with Crippen LogP contribution in [0.1, 0.15) is 103 Å². The van der Waals surface area contributed by atoms with Crippen LogP contribution in [-0.2, 0) is 17.3 Å². The molecule has 0 fully saturated rings. The first-order valence-corrected chi connectivity index (χ1v) is 31.0. The highest BCUT2D eigenvalue weighted by Gasteiger charge is 2.54. The number of benzene rings is 8. The summed E-state index contributed by atoms with van der Waals surface area (Å²) in [5, 5.41) is 44.9. The van der Waals surface area contributed by atoms with Crippen LogP contribution < -0.4 is 5.32 Å². The molecular weight excluding hydrogens is 1120 g/mol. The monoisotopic (exact) mass is 1170 g/mol. The molecule has 4 aliphatic rings. The molecule has 4 aliphatic carbocycles. The SMILES string of the molecule is Cc1ccc(C2(c3ccc(C)cc3)c3cc4c(cc3-c3sc5cc(N/C=C6\C(=O)c7ccccc7C6=C(C#N)C#N)ccc5c32)C(c2ccc(C)cc2)(c2ccc(C)cc2)c2c-4sc3cc(C/C=C4\C(=O)c5ccccc5C4=C(C#N)C#N)sc23)cc1. The highest BCUT2D eigenvalue weighted by atomic mass is 32.1. The van der Waals surface area contributed by atoms with Gasteiger partial charge in [0, 0.05) is 81.3 Å². The van der Waals surface area contributed by atoms with E-state index in [9.17, 15) is 30.6 Å². The molecule has 3 heterocycles. The van der Waals surface area contributed by atoms with E-state index in [4.69, 9.17) is 0 Å². The second-order valence-electron chi connectivity index (χ2n) is 22.9. The molecule has 0 unspecified atom stereocenters. The van der Waals surface area contributed by atoms with Gasteiger partial charge in [0.25, 0.3) is 0 Å². The second kappa shape index (κ2) is 20.0. The number of thiophene rings is 3. The number of carbonyl (C=O) groups is 2. The third-order valence-corrected chi connectivity index (χ3v) is 21.7. The van der Waals surface area contributed by atoms with Crippen molar-refractivity contribution in [3.8, 4) is 45.2 Å². The van der Waals surface area contributed by atoms with Gasteiger partial charge in [-0.2, -0.15) is 21.0 Å². The lowest BCUT2D eigenvalue weighted by atomic mass is 9.65. The largest absolute Gasteiger partial charge is 0.361 e. The van der Waals surface area contributed by atoms with E-state index in [0.717, 1.165) is 75.4 Å². The normalized spacial score (nSPS) is 15.4. The van der Waals surface area contributed by atoms with Crippen LogP contribution >= 0.6 is 34.0 Å². The van der Waals surface area contributed by atoms with Crippen LogP contribution in [0.4, 0.5) is 5.69 Å². The first-order chi connectivity index (χ1) is 42.4. The van der Waals surface area contributed by atoms with Gasteiger partial charge in [0.2, 0.25) is 0 Å². The van der Waals surface area contributed by atoms with E-state index in [0.29, 0.717) is 45.4 Å². The second-order valence-corrected chi connectivity index (χ2v) is 26.1. The Morgan fingerprint density at radius 3 is 1.37 bits per heavy atom. The highest BCUT2D eigenvalue weighted by Crippen LogP contribution is 2.67. The van der Waals surface area contributed by atoms with Crippen molar-refractivity contribution in [2.75, 3.05) is 5.32 Å². The Morgan fingerprint density at radius 1 is 0.460 bits per heavy atom. The lowest BCUT2D eigenvalue weighted by molar-refractivity contribution is 0.103. The first-order valence-electron chi connectivity index (χ1n) is 28.6. The number of carbonyl (C=O) groups excluding carboxylic acids is 2. The van der Waals surface area contributed by atoms with Crippen LogP contribution in [0.2, 0.25) is 0 Å². The number of allylic oxidation sites excluding steroid dienone is 7. The Labute approximate surface area is 514 Å². The molecule has 0 aliphatic heterocycles. The number of anilines is 1. The Kier molecular flexibility index (Phi) is 12.2. The summed E-state index contributed by atoms with van der Waals surface area (Å²) in [4.78, 5) is 31.6. The number of Topliss-reactive ketones (excluding diaryl/α,β-unsaturated/α-hetero) is 2. The Morgan fingerprint density at radius 2 is 0.885 bits per heavy atom. The molecule has 0 amide bonds. The maximum Gasteiger partial charge on any atom is 0.195 e. The van der Waals surface area contributed by atoms with Crippen molar-refractivity contribution in [3.05, 3.63) is 310 Å². The summed E-state index contributed by atoms with van der Waals surface area (Å²) in [6.07, 6.45) is 3.98. The molecule has 0 radical (unpaired) electrons. The van der Waals surface area contributed by atoms with E-state index < -0.39 is 10.8 Å². The molecule has 8 aromatic carbocycles. The minimum Gasteiger partial charge on any atom is -0.361 e. The zero-order chi connectivity index (χ0) is 59.6. The summed E-state index contributed by atoms with van der Waals surface area (Å²) < 4.78 is 3.38. The summed E-state index contributed by atoms with van der Waals surface area (Å²) >= 11 is 5.33. The van der Waals surface area contributed by atoms with E-state index in [1.165, 1.54) is 42.3 Å². The molecule has 0 bridgehead atoms. The van der Waals surface area contributed by atoms with Crippen molar-refractivity contribution >= 4 is 81.9 Å².